The van der Waals surface area contributed by atoms with Crippen LogP contribution in [-0.4, -0.2) is 26.0 Å². The van der Waals surface area contributed by atoms with E-state index in [4.69, 9.17) is 21.1 Å². The van der Waals surface area contributed by atoms with Crippen molar-refractivity contribution in [3.05, 3.63) is 75.1 Å². The molecule has 8 heteroatoms. The molecule has 0 bridgehead atoms. The van der Waals surface area contributed by atoms with Crippen molar-refractivity contribution in [3.63, 3.8) is 0 Å². The predicted molar refractivity (Wildman–Crippen MR) is 123 cm³/mol. The molecule has 0 saturated heterocycles. The van der Waals surface area contributed by atoms with Crippen LogP contribution in [-0.2, 0) is 9.59 Å². The summed E-state index contributed by atoms with van der Waals surface area (Å²) in [6, 6.07) is 14.0. The lowest BCUT2D eigenvalue weighted by Crippen LogP contribution is -2.33. The quantitative estimate of drug-likeness (QED) is 0.523. The molecule has 0 unspecified atom stereocenters. The van der Waals surface area contributed by atoms with Crippen LogP contribution >= 0.6 is 22.9 Å². The van der Waals surface area contributed by atoms with Crippen molar-refractivity contribution in [2.45, 2.75) is 6.92 Å². The molecule has 0 radical (unpaired) electrons. The van der Waals surface area contributed by atoms with Gasteiger partial charge in [0.25, 0.3) is 11.8 Å². The first-order valence-corrected chi connectivity index (χ1v) is 10.6. The fourth-order valence-electron chi connectivity index (χ4n) is 3.39. The third kappa shape index (κ3) is 3.66. The van der Waals surface area contributed by atoms with Gasteiger partial charge in [-0.3, -0.25) is 9.59 Å². The average molecular weight is 455 g/mol. The largest absolute Gasteiger partial charge is 0.497 e. The minimum absolute atomic E-state index is 0.176. The van der Waals surface area contributed by atoms with Gasteiger partial charge in [-0.2, -0.15) is 0 Å². The first kappa shape index (κ1) is 21.0. The van der Waals surface area contributed by atoms with Gasteiger partial charge in [-0.25, -0.2) is 4.90 Å². The first-order chi connectivity index (χ1) is 15.0. The second kappa shape index (κ2) is 8.45. The Morgan fingerprint density at radius 3 is 2.48 bits per heavy atom. The van der Waals surface area contributed by atoms with Crippen molar-refractivity contribution in [1.82, 2.24) is 0 Å². The van der Waals surface area contributed by atoms with Gasteiger partial charge in [-0.15, -0.1) is 11.3 Å². The Hall–Kier alpha value is -3.29. The number of benzene rings is 2. The highest BCUT2D eigenvalue weighted by molar-refractivity contribution is 7.11. The third-order valence-corrected chi connectivity index (χ3v) is 6.30. The predicted octanol–water partition coefficient (Wildman–Crippen LogP) is 5.12. The van der Waals surface area contributed by atoms with Crippen molar-refractivity contribution in [3.8, 4) is 11.5 Å². The highest BCUT2D eigenvalue weighted by Crippen LogP contribution is 2.39. The molecule has 31 heavy (non-hydrogen) atoms. The van der Waals surface area contributed by atoms with Crippen LogP contribution in [0.25, 0.3) is 5.57 Å². The molecule has 4 rings (SSSR count). The van der Waals surface area contributed by atoms with Gasteiger partial charge < -0.3 is 14.8 Å². The third-order valence-electron chi connectivity index (χ3n) is 5.00. The summed E-state index contributed by atoms with van der Waals surface area (Å²) in [7, 11) is 3.08. The van der Waals surface area contributed by atoms with Crippen molar-refractivity contribution in [2.24, 2.45) is 0 Å². The number of hydrogen-bond acceptors (Lipinski definition) is 6. The first-order valence-electron chi connectivity index (χ1n) is 9.37. The summed E-state index contributed by atoms with van der Waals surface area (Å²) in [6.45, 7) is 1.78. The van der Waals surface area contributed by atoms with Crippen LogP contribution in [0.15, 0.2) is 59.6 Å². The van der Waals surface area contributed by atoms with E-state index in [-0.39, 0.29) is 5.70 Å². The van der Waals surface area contributed by atoms with Gasteiger partial charge in [-0.05, 0) is 48.2 Å². The van der Waals surface area contributed by atoms with Crippen LogP contribution in [0.5, 0.6) is 11.5 Å². The Kier molecular flexibility index (Phi) is 5.71. The zero-order chi connectivity index (χ0) is 22.1. The van der Waals surface area contributed by atoms with Gasteiger partial charge in [0, 0.05) is 16.0 Å². The molecule has 0 spiro atoms. The molecule has 6 nitrogen and oxygen atoms in total. The Morgan fingerprint density at radius 1 is 1.00 bits per heavy atom. The maximum Gasteiger partial charge on any atom is 0.282 e. The number of thiophene rings is 1. The minimum atomic E-state index is -0.461. The molecule has 2 heterocycles. The zero-order valence-electron chi connectivity index (χ0n) is 17.1. The van der Waals surface area contributed by atoms with Crippen LogP contribution in [0.1, 0.15) is 10.4 Å². The van der Waals surface area contributed by atoms with Gasteiger partial charge in [0.1, 0.15) is 17.2 Å². The molecule has 1 N–H and O–H groups in total. The van der Waals surface area contributed by atoms with E-state index in [1.54, 1.807) is 50.4 Å². The average Bonchev–Trinajstić information content (AvgIpc) is 3.37. The Morgan fingerprint density at radius 2 is 1.81 bits per heavy atom. The molecule has 0 atom stereocenters. The Bertz CT molecular complexity index is 1200. The van der Waals surface area contributed by atoms with Crippen molar-refractivity contribution < 1.29 is 19.1 Å². The summed E-state index contributed by atoms with van der Waals surface area (Å²) in [5, 5.41) is 5.47. The number of halogens is 1. The molecule has 0 aliphatic carbocycles. The summed E-state index contributed by atoms with van der Waals surface area (Å²) in [4.78, 5) is 28.8. The van der Waals surface area contributed by atoms with Crippen molar-refractivity contribution in [2.75, 3.05) is 24.4 Å². The fraction of sp³-hybridized carbons (Fsp3) is 0.130. The SMILES string of the molecule is COc1ccc(NC2=C(c3cccs3)C(=O)N(c3cccc(Cl)c3C)C2=O)c(OC)c1. The van der Waals surface area contributed by atoms with Crippen LogP contribution in [0.3, 0.4) is 0 Å². The molecule has 3 aromatic rings. The van der Waals surface area contributed by atoms with Crippen LogP contribution in [0, 0.1) is 6.92 Å². The second-order valence-corrected chi connectivity index (χ2v) is 8.10. The Balaban J connectivity index is 1.83. The summed E-state index contributed by atoms with van der Waals surface area (Å²) < 4.78 is 10.7. The van der Waals surface area contributed by atoms with Gasteiger partial charge in [0.15, 0.2) is 0 Å². The number of imide groups is 1. The number of hydrogen-bond donors (Lipinski definition) is 1. The van der Waals surface area contributed by atoms with E-state index < -0.39 is 11.8 Å². The molecule has 2 amide bonds. The molecular formula is C23H19ClN2O4S. The van der Waals surface area contributed by atoms with E-state index in [2.05, 4.69) is 5.32 Å². The fourth-order valence-corrected chi connectivity index (χ4v) is 4.33. The lowest BCUT2D eigenvalue weighted by molar-refractivity contribution is -0.120. The summed E-state index contributed by atoms with van der Waals surface area (Å²) in [6.07, 6.45) is 0. The second-order valence-electron chi connectivity index (χ2n) is 6.75. The summed E-state index contributed by atoms with van der Waals surface area (Å²) >= 11 is 7.64. The number of carbonyl (C=O) groups excluding carboxylic acids is 2. The molecule has 158 valence electrons. The number of amides is 2. The number of ether oxygens (including phenoxy) is 2. The van der Waals surface area contributed by atoms with Gasteiger partial charge in [0.05, 0.1) is 31.2 Å². The number of nitrogens with one attached hydrogen (secondary N) is 1. The normalized spacial score (nSPS) is 13.7. The highest BCUT2D eigenvalue weighted by atomic mass is 35.5. The molecule has 1 aliphatic heterocycles. The minimum Gasteiger partial charge on any atom is -0.497 e. The van der Waals surface area contributed by atoms with E-state index in [1.165, 1.54) is 18.4 Å². The number of anilines is 2. The van der Waals surface area contributed by atoms with Crippen molar-refractivity contribution >= 4 is 51.7 Å². The number of carbonyl (C=O) groups is 2. The summed E-state index contributed by atoms with van der Waals surface area (Å²) in [5.41, 5.74) is 2.13. The maximum absolute atomic E-state index is 13.5. The maximum atomic E-state index is 13.5. The van der Waals surface area contributed by atoms with E-state index in [0.717, 1.165) is 4.90 Å². The summed E-state index contributed by atoms with van der Waals surface area (Å²) in [5.74, 6) is 0.222. The molecular weight excluding hydrogens is 436 g/mol. The number of rotatable bonds is 6. The lowest BCUT2D eigenvalue weighted by Gasteiger charge is -2.18. The van der Waals surface area contributed by atoms with Crippen LogP contribution in [0.2, 0.25) is 5.02 Å². The van der Waals surface area contributed by atoms with Gasteiger partial charge >= 0.3 is 0 Å². The smallest absolute Gasteiger partial charge is 0.282 e. The lowest BCUT2D eigenvalue weighted by atomic mass is 10.1. The molecule has 2 aromatic carbocycles. The zero-order valence-corrected chi connectivity index (χ0v) is 18.6. The van der Waals surface area contributed by atoms with Gasteiger partial charge in [-0.1, -0.05) is 23.7 Å². The number of methoxy groups -OCH3 is 2. The van der Waals surface area contributed by atoms with Crippen LogP contribution in [0.4, 0.5) is 11.4 Å². The van der Waals surface area contributed by atoms with E-state index in [1.807, 2.05) is 17.5 Å². The highest BCUT2D eigenvalue weighted by Gasteiger charge is 2.41. The standard InChI is InChI=1S/C23H19ClN2O4S/c1-13-15(24)6-4-7-17(13)26-22(27)20(19-8-5-11-31-19)21(23(26)28)25-16-10-9-14(29-2)12-18(16)30-3/h4-12,25H,1-3H3. The van der Waals surface area contributed by atoms with E-state index in [9.17, 15) is 9.59 Å². The monoisotopic (exact) mass is 454 g/mol. The number of nitrogens with zero attached hydrogens (tertiary/aromatic N) is 1. The molecule has 0 saturated carbocycles. The Labute approximate surface area is 188 Å². The van der Waals surface area contributed by atoms with Crippen molar-refractivity contribution in [1.29, 1.82) is 0 Å². The topological polar surface area (TPSA) is 67.9 Å². The van der Waals surface area contributed by atoms with Crippen LogP contribution < -0.4 is 19.7 Å². The molecule has 1 aromatic heterocycles. The molecule has 0 fully saturated rings. The molecule has 1 aliphatic rings. The van der Waals surface area contributed by atoms with Gasteiger partial charge in [0.2, 0.25) is 0 Å². The van der Waals surface area contributed by atoms with E-state index >= 15 is 0 Å². The van der Waals surface area contributed by atoms with E-state index in [0.29, 0.717) is 43.9 Å².